The number of amides is 1. The maximum Gasteiger partial charge on any atom is 0.251 e. The number of benzene rings is 2. The number of carbonyl (C=O) groups is 1. The average Bonchev–Trinajstić information content (AvgIpc) is 2.59. The number of likely N-dealkylation sites (N-methyl/N-ethyl adjacent to an activating group) is 1. The number of nitrogens with one attached hydrogen (secondary N) is 2. The van der Waals surface area contributed by atoms with Crippen molar-refractivity contribution in [2.24, 2.45) is 0 Å². The fourth-order valence-electron chi connectivity index (χ4n) is 2.52. The van der Waals surface area contributed by atoms with Crippen LogP contribution in [0.2, 0.25) is 0 Å². The third-order valence-electron chi connectivity index (χ3n) is 3.76. The molecule has 1 amide bonds. The van der Waals surface area contributed by atoms with E-state index >= 15 is 0 Å². The molecule has 0 radical (unpaired) electrons. The van der Waals surface area contributed by atoms with E-state index in [2.05, 4.69) is 10.6 Å². The van der Waals surface area contributed by atoms with Gasteiger partial charge in [-0.05, 0) is 42.8 Å². The summed E-state index contributed by atoms with van der Waals surface area (Å²) in [6.45, 7) is 1.89. The molecule has 0 aliphatic rings. The van der Waals surface area contributed by atoms with Crippen LogP contribution in [0.1, 0.15) is 27.0 Å². The molecule has 2 N–H and O–H groups in total. The van der Waals surface area contributed by atoms with E-state index in [1.807, 2.05) is 55.6 Å². The molecule has 0 saturated heterocycles. The van der Waals surface area contributed by atoms with Gasteiger partial charge in [-0.2, -0.15) is 0 Å². The number of carbonyl (C=O) groups excluding carboxylic acids is 1. The second-order valence-electron chi connectivity index (χ2n) is 5.40. The van der Waals surface area contributed by atoms with E-state index in [1.54, 1.807) is 7.11 Å². The van der Waals surface area contributed by atoms with Gasteiger partial charge in [0.15, 0.2) is 0 Å². The van der Waals surface area contributed by atoms with Gasteiger partial charge in [0.05, 0.1) is 6.61 Å². The first-order chi connectivity index (χ1) is 11.3. The maximum atomic E-state index is 12.5. The highest BCUT2D eigenvalue weighted by atomic mass is 16.5. The van der Waals surface area contributed by atoms with Gasteiger partial charge < -0.3 is 15.4 Å². The Kier molecular flexibility index (Phi) is 6.78. The lowest BCUT2D eigenvalue weighted by Gasteiger charge is -2.12. The van der Waals surface area contributed by atoms with Crippen LogP contribution in [0.15, 0.2) is 48.5 Å². The first-order valence-corrected chi connectivity index (χ1v) is 7.82. The summed E-state index contributed by atoms with van der Waals surface area (Å²) in [7, 11) is 3.59. The van der Waals surface area contributed by atoms with Crippen molar-refractivity contribution >= 4 is 5.91 Å². The molecular weight excluding hydrogens is 288 g/mol. The molecule has 0 aromatic heterocycles. The Labute approximate surface area is 137 Å². The van der Waals surface area contributed by atoms with Gasteiger partial charge in [0.2, 0.25) is 0 Å². The van der Waals surface area contributed by atoms with Gasteiger partial charge in [0.1, 0.15) is 0 Å². The van der Waals surface area contributed by atoms with Crippen LogP contribution < -0.4 is 10.6 Å². The lowest BCUT2D eigenvalue weighted by atomic mass is 10.0. The van der Waals surface area contributed by atoms with Crippen molar-refractivity contribution in [2.45, 2.75) is 19.6 Å². The number of hydrogen-bond donors (Lipinski definition) is 2. The van der Waals surface area contributed by atoms with E-state index in [1.165, 1.54) is 0 Å². The van der Waals surface area contributed by atoms with Crippen molar-refractivity contribution in [2.75, 3.05) is 20.7 Å². The predicted octanol–water partition coefficient (Wildman–Crippen LogP) is 2.52. The highest BCUT2D eigenvalue weighted by Gasteiger charge is 2.11. The first kappa shape index (κ1) is 17.2. The second-order valence-corrected chi connectivity index (χ2v) is 5.40. The van der Waals surface area contributed by atoms with Crippen LogP contribution in [0.4, 0.5) is 0 Å². The third kappa shape index (κ3) is 4.91. The molecule has 0 fully saturated rings. The van der Waals surface area contributed by atoms with Crippen molar-refractivity contribution in [3.8, 4) is 0 Å². The van der Waals surface area contributed by atoms with Crippen LogP contribution in [0.25, 0.3) is 0 Å². The van der Waals surface area contributed by atoms with Crippen LogP contribution in [0.5, 0.6) is 0 Å². The summed E-state index contributed by atoms with van der Waals surface area (Å²) in [5, 5.41) is 6.13. The second kappa shape index (κ2) is 9.08. The smallest absolute Gasteiger partial charge is 0.251 e. The fraction of sp³-hybridized carbons (Fsp3) is 0.316. The number of ether oxygens (including phenoxy) is 1. The van der Waals surface area contributed by atoms with Crippen molar-refractivity contribution in [1.82, 2.24) is 10.6 Å². The van der Waals surface area contributed by atoms with E-state index in [0.29, 0.717) is 13.2 Å². The van der Waals surface area contributed by atoms with Crippen molar-refractivity contribution in [3.63, 3.8) is 0 Å². The van der Waals surface area contributed by atoms with Gasteiger partial charge >= 0.3 is 0 Å². The Hall–Kier alpha value is -2.17. The molecule has 122 valence electrons. The molecule has 2 rings (SSSR count). The van der Waals surface area contributed by atoms with E-state index in [4.69, 9.17) is 4.74 Å². The molecule has 23 heavy (non-hydrogen) atoms. The van der Waals surface area contributed by atoms with E-state index in [9.17, 15) is 4.79 Å². The zero-order chi connectivity index (χ0) is 16.5. The van der Waals surface area contributed by atoms with Crippen LogP contribution >= 0.6 is 0 Å². The number of rotatable bonds is 8. The normalized spacial score (nSPS) is 10.5. The molecule has 0 aliphatic carbocycles. The first-order valence-electron chi connectivity index (χ1n) is 7.82. The standard InChI is InChI=1S/C19H24N2O2/c1-20-12-11-15-7-5-6-10-18(15)19(22)21-13-16-8-3-4-9-17(16)14-23-2/h3-10,20H,11-14H2,1-2H3,(H,21,22). The van der Waals surface area contributed by atoms with Crippen molar-refractivity contribution in [3.05, 3.63) is 70.8 Å². The van der Waals surface area contributed by atoms with Crippen molar-refractivity contribution in [1.29, 1.82) is 0 Å². The minimum absolute atomic E-state index is 0.0380. The largest absolute Gasteiger partial charge is 0.380 e. The quantitative estimate of drug-likeness (QED) is 0.787. The Morgan fingerprint density at radius 1 is 1.00 bits per heavy atom. The molecule has 0 spiro atoms. The zero-order valence-corrected chi connectivity index (χ0v) is 13.8. The summed E-state index contributed by atoms with van der Waals surface area (Å²) < 4.78 is 5.20. The Morgan fingerprint density at radius 3 is 2.35 bits per heavy atom. The van der Waals surface area contributed by atoms with E-state index < -0.39 is 0 Å². The molecule has 0 unspecified atom stereocenters. The molecule has 0 atom stereocenters. The molecule has 4 heteroatoms. The van der Waals surface area contributed by atoms with E-state index in [0.717, 1.165) is 35.2 Å². The Bertz CT molecular complexity index is 641. The van der Waals surface area contributed by atoms with E-state index in [-0.39, 0.29) is 5.91 Å². The van der Waals surface area contributed by atoms with Gasteiger partial charge in [0, 0.05) is 19.2 Å². The van der Waals surface area contributed by atoms with Crippen LogP contribution in [0, 0.1) is 0 Å². The van der Waals surface area contributed by atoms with Crippen LogP contribution in [0.3, 0.4) is 0 Å². The molecule has 0 heterocycles. The lowest BCUT2D eigenvalue weighted by molar-refractivity contribution is 0.0949. The molecule has 0 saturated carbocycles. The van der Waals surface area contributed by atoms with Crippen LogP contribution in [-0.4, -0.2) is 26.6 Å². The molecule has 2 aromatic carbocycles. The van der Waals surface area contributed by atoms with Crippen LogP contribution in [-0.2, 0) is 24.3 Å². The monoisotopic (exact) mass is 312 g/mol. The fourth-order valence-corrected chi connectivity index (χ4v) is 2.52. The minimum atomic E-state index is -0.0380. The number of methoxy groups -OCH3 is 1. The summed E-state index contributed by atoms with van der Waals surface area (Å²) in [6.07, 6.45) is 0.834. The number of hydrogen-bond acceptors (Lipinski definition) is 3. The lowest BCUT2D eigenvalue weighted by Crippen LogP contribution is -2.25. The van der Waals surface area contributed by atoms with Crippen molar-refractivity contribution < 1.29 is 9.53 Å². The maximum absolute atomic E-state index is 12.5. The van der Waals surface area contributed by atoms with Gasteiger partial charge in [-0.25, -0.2) is 0 Å². The summed E-state index contributed by atoms with van der Waals surface area (Å²) in [6, 6.07) is 15.7. The summed E-state index contributed by atoms with van der Waals surface area (Å²) in [4.78, 5) is 12.5. The molecule has 0 bridgehead atoms. The third-order valence-corrected chi connectivity index (χ3v) is 3.76. The van der Waals surface area contributed by atoms with Gasteiger partial charge in [-0.1, -0.05) is 42.5 Å². The molecular formula is C19H24N2O2. The van der Waals surface area contributed by atoms with Gasteiger partial charge in [0.25, 0.3) is 5.91 Å². The molecule has 4 nitrogen and oxygen atoms in total. The zero-order valence-electron chi connectivity index (χ0n) is 13.8. The summed E-state index contributed by atoms with van der Waals surface area (Å²) in [5.41, 5.74) is 3.98. The summed E-state index contributed by atoms with van der Waals surface area (Å²) in [5.74, 6) is -0.0380. The highest BCUT2D eigenvalue weighted by Crippen LogP contribution is 2.12. The average molecular weight is 312 g/mol. The molecule has 0 aliphatic heterocycles. The topological polar surface area (TPSA) is 50.4 Å². The Morgan fingerprint density at radius 2 is 1.65 bits per heavy atom. The predicted molar refractivity (Wildman–Crippen MR) is 92.4 cm³/mol. The SMILES string of the molecule is CNCCc1ccccc1C(=O)NCc1ccccc1COC. The highest BCUT2D eigenvalue weighted by molar-refractivity contribution is 5.95. The molecule has 2 aromatic rings. The summed E-state index contributed by atoms with van der Waals surface area (Å²) >= 11 is 0. The Balaban J connectivity index is 2.05. The van der Waals surface area contributed by atoms with Gasteiger partial charge in [-0.3, -0.25) is 4.79 Å². The minimum Gasteiger partial charge on any atom is -0.380 e. The van der Waals surface area contributed by atoms with Gasteiger partial charge in [-0.15, -0.1) is 0 Å².